The lowest BCUT2D eigenvalue weighted by atomic mass is 10.2. The van der Waals surface area contributed by atoms with Crippen LogP contribution < -0.4 is 9.80 Å². The third-order valence-corrected chi connectivity index (χ3v) is 6.22. The second-order valence-corrected chi connectivity index (χ2v) is 8.31. The number of carbonyl (C=O) groups is 1. The van der Waals surface area contributed by atoms with E-state index in [1.165, 1.54) is 18.5 Å². The first kappa shape index (κ1) is 20.5. The fourth-order valence-corrected chi connectivity index (χ4v) is 4.37. The number of nitrogens with zero attached hydrogens (tertiary/aromatic N) is 6. The van der Waals surface area contributed by atoms with Crippen LogP contribution in [0.2, 0.25) is 0 Å². The van der Waals surface area contributed by atoms with E-state index in [0.29, 0.717) is 37.6 Å². The molecule has 0 radical (unpaired) electrons. The van der Waals surface area contributed by atoms with Crippen LogP contribution >= 0.6 is 0 Å². The normalized spacial score (nSPS) is 16.6. The molecule has 1 aromatic carbocycles. The van der Waals surface area contributed by atoms with Gasteiger partial charge >= 0.3 is 0 Å². The maximum Gasteiger partial charge on any atom is 0.227 e. The van der Waals surface area contributed by atoms with Crippen molar-refractivity contribution in [2.45, 2.75) is 25.7 Å². The van der Waals surface area contributed by atoms with Gasteiger partial charge < -0.3 is 19.2 Å². The highest BCUT2D eigenvalue weighted by atomic mass is 16.5. The van der Waals surface area contributed by atoms with Gasteiger partial charge in [0.05, 0.1) is 0 Å². The number of hydrogen-bond acceptors (Lipinski definition) is 7. The van der Waals surface area contributed by atoms with Crippen LogP contribution in [0.15, 0.2) is 53.2 Å². The smallest absolute Gasteiger partial charge is 0.227 e. The molecule has 8 heteroatoms. The van der Waals surface area contributed by atoms with Crippen LogP contribution in [0.1, 0.15) is 25.2 Å². The van der Waals surface area contributed by atoms with Gasteiger partial charge in [-0.05, 0) is 49.2 Å². The molecular weight excluding hydrogens is 404 g/mol. The summed E-state index contributed by atoms with van der Waals surface area (Å²) in [5.41, 5.74) is 2.17. The Bertz CT molecular complexity index is 1020. The van der Waals surface area contributed by atoms with Crippen LogP contribution in [-0.4, -0.2) is 65.2 Å². The SMILES string of the molecule is O=C(CCc1nc(-c2ccc(N3CCCC3)cc2)no1)N1CCN(c2ccccn2)CC1. The zero-order valence-electron chi connectivity index (χ0n) is 18.2. The van der Waals surface area contributed by atoms with Gasteiger partial charge in [0.1, 0.15) is 5.82 Å². The molecule has 0 aliphatic carbocycles. The van der Waals surface area contributed by atoms with Gasteiger partial charge in [-0.25, -0.2) is 4.98 Å². The number of amides is 1. The number of aryl methyl sites for hydroxylation is 1. The molecule has 0 saturated carbocycles. The molecular formula is C24H28N6O2. The maximum atomic E-state index is 12.7. The molecule has 2 aliphatic rings. The van der Waals surface area contributed by atoms with Gasteiger partial charge in [0.15, 0.2) is 0 Å². The molecule has 3 aromatic rings. The van der Waals surface area contributed by atoms with Gasteiger partial charge in [0.2, 0.25) is 17.6 Å². The number of piperazine rings is 1. The van der Waals surface area contributed by atoms with Crippen molar-refractivity contribution >= 4 is 17.4 Å². The third-order valence-electron chi connectivity index (χ3n) is 6.22. The topological polar surface area (TPSA) is 78.6 Å². The van der Waals surface area contributed by atoms with Gasteiger partial charge in [0.25, 0.3) is 0 Å². The predicted molar refractivity (Wildman–Crippen MR) is 123 cm³/mol. The Balaban J connectivity index is 1.11. The van der Waals surface area contributed by atoms with Crippen molar-refractivity contribution in [1.82, 2.24) is 20.0 Å². The summed E-state index contributed by atoms with van der Waals surface area (Å²) in [5, 5.41) is 4.11. The summed E-state index contributed by atoms with van der Waals surface area (Å²) in [6.45, 7) is 5.24. The van der Waals surface area contributed by atoms with E-state index in [4.69, 9.17) is 4.52 Å². The van der Waals surface area contributed by atoms with Gasteiger partial charge in [-0.2, -0.15) is 4.98 Å². The number of aromatic nitrogens is 3. The van der Waals surface area contributed by atoms with E-state index < -0.39 is 0 Å². The molecule has 0 atom stereocenters. The zero-order chi connectivity index (χ0) is 21.8. The molecule has 0 bridgehead atoms. The molecule has 4 heterocycles. The molecule has 2 saturated heterocycles. The van der Waals surface area contributed by atoms with Crippen LogP contribution in [0.5, 0.6) is 0 Å². The van der Waals surface area contributed by atoms with Crippen LogP contribution in [-0.2, 0) is 11.2 Å². The van der Waals surface area contributed by atoms with Crippen molar-refractivity contribution in [2.75, 3.05) is 49.1 Å². The third kappa shape index (κ3) is 4.59. The Morgan fingerprint density at radius 2 is 1.69 bits per heavy atom. The number of anilines is 2. The monoisotopic (exact) mass is 432 g/mol. The highest BCUT2D eigenvalue weighted by Gasteiger charge is 2.22. The Morgan fingerprint density at radius 3 is 2.41 bits per heavy atom. The highest BCUT2D eigenvalue weighted by molar-refractivity contribution is 5.76. The minimum atomic E-state index is 0.125. The quantitative estimate of drug-likeness (QED) is 0.592. The molecule has 166 valence electrons. The highest BCUT2D eigenvalue weighted by Crippen LogP contribution is 2.24. The second kappa shape index (κ2) is 9.38. The summed E-state index contributed by atoms with van der Waals surface area (Å²) in [7, 11) is 0. The lowest BCUT2D eigenvalue weighted by Crippen LogP contribution is -2.49. The van der Waals surface area contributed by atoms with E-state index in [9.17, 15) is 4.79 Å². The minimum Gasteiger partial charge on any atom is -0.372 e. The fourth-order valence-electron chi connectivity index (χ4n) is 4.37. The van der Waals surface area contributed by atoms with Crippen molar-refractivity contribution in [3.8, 4) is 11.4 Å². The van der Waals surface area contributed by atoms with Crippen molar-refractivity contribution in [2.24, 2.45) is 0 Å². The van der Waals surface area contributed by atoms with Gasteiger partial charge in [-0.1, -0.05) is 11.2 Å². The standard InChI is InChI=1S/C24H28N6O2/c31-23(30-17-15-29(16-18-30)21-5-1-2-12-25-21)11-10-22-26-24(27-32-22)19-6-8-20(9-7-19)28-13-3-4-14-28/h1-2,5-9,12H,3-4,10-11,13-18H2. The molecule has 32 heavy (non-hydrogen) atoms. The van der Waals surface area contributed by atoms with Crippen LogP contribution in [0.4, 0.5) is 11.5 Å². The van der Waals surface area contributed by atoms with Crippen molar-refractivity contribution in [3.63, 3.8) is 0 Å². The second-order valence-electron chi connectivity index (χ2n) is 8.31. The molecule has 2 aliphatic heterocycles. The van der Waals surface area contributed by atoms with Crippen molar-refractivity contribution in [1.29, 1.82) is 0 Å². The summed E-state index contributed by atoms with van der Waals surface area (Å²) in [6, 6.07) is 14.2. The number of pyridine rings is 1. The molecule has 0 N–H and O–H groups in total. The summed E-state index contributed by atoms with van der Waals surface area (Å²) in [6.07, 6.45) is 5.15. The van der Waals surface area contributed by atoms with Gasteiger partial charge in [-0.3, -0.25) is 4.79 Å². The molecule has 8 nitrogen and oxygen atoms in total. The first-order chi connectivity index (χ1) is 15.8. The lowest BCUT2D eigenvalue weighted by molar-refractivity contribution is -0.131. The van der Waals surface area contributed by atoms with E-state index >= 15 is 0 Å². The number of benzene rings is 1. The number of rotatable bonds is 6. The Hall–Kier alpha value is -3.42. The molecule has 5 rings (SSSR count). The van der Waals surface area contributed by atoms with E-state index in [1.807, 2.05) is 35.2 Å². The fraction of sp³-hybridized carbons (Fsp3) is 0.417. The first-order valence-electron chi connectivity index (χ1n) is 11.4. The zero-order valence-corrected chi connectivity index (χ0v) is 18.2. The van der Waals surface area contributed by atoms with Crippen molar-refractivity contribution in [3.05, 3.63) is 54.6 Å². The summed E-state index contributed by atoms with van der Waals surface area (Å²) >= 11 is 0. The van der Waals surface area contributed by atoms with E-state index in [1.54, 1.807) is 6.20 Å². The summed E-state index contributed by atoms with van der Waals surface area (Å²) in [4.78, 5) is 28.1. The van der Waals surface area contributed by atoms with Crippen molar-refractivity contribution < 1.29 is 9.32 Å². The average molecular weight is 433 g/mol. The number of carbonyl (C=O) groups excluding carboxylic acids is 1. The maximum absolute atomic E-state index is 12.7. The Labute approximate surface area is 187 Å². The first-order valence-corrected chi connectivity index (χ1v) is 11.4. The van der Waals surface area contributed by atoms with Gasteiger partial charge in [0, 0.05) is 69.6 Å². The minimum absolute atomic E-state index is 0.125. The van der Waals surface area contributed by atoms with E-state index in [2.05, 4.69) is 37.1 Å². The molecule has 2 aromatic heterocycles. The summed E-state index contributed by atoms with van der Waals surface area (Å²) < 4.78 is 5.40. The molecule has 1 amide bonds. The lowest BCUT2D eigenvalue weighted by Gasteiger charge is -2.35. The molecule has 2 fully saturated rings. The Kier molecular flexibility index (Phi) is 6.00. The predicted octanol–water partition coefficient (Wildman–Crippen LogP) is 3.01. The number of hydrogen-bond donors (Lipinski definition) is 0. The van der Waals surface area contributed by atoms with Crippen LogP contribution in [0.25, 0.3) is 11.4 Å². The van der Waals surface area contributed by atoms with Crippen LogP contribution in [0, 0.1) is 0 Å². The van der Waals surface area contributed by atoms with Gasteiger partial charge in [-0.15, -0.1) is 0 Å². The average Bonchev–Trinajstić information content (AvgIpc) is 3.56. The van der Waals surface area contributed by atoms with E-state index in [-0.39, 0.29) is 5.91 Å². The largest absolute Gasteiger partial charge is 0.372 e. The molecule has 0 unspecified atom stereocenters. The molecule has 0 spiro atoms. The van der Waals surface area contributed by atoms with E-state index in [0.717, 1.165) is 37.6 Å². The van der Waals surface area contributed by atoms with Crippen LogP contribution in [0.3, 0.4) is 0 Å². The Morgan fingerprint density at radius 1 is 0.906 bits per heavy atom. The summed E-state index contributed by atoms with van der Waals surface area (Å²) in [5.74, 6) is 2.17.